The molecule has 4 aliphatic carbocycles. The van der Waals surface area contributed by atoms with Crippen LogP contribution in [0.1, 0.15) is 65.2 Å². The average Bonchev–Trinajstić information content (AvgIpc) is 3.38. The fraction of sp³-hybridized carbons (Fsp3) is 0.913. The topological polar surface area (TPSA) is 36.9 Å². The molecule has 150 valence electrons. The van der Waals surface area contributed by atoms with Crippen molar-refractivity contribution in [3.63, 3.8) is 0 Å². The zero-order valence-electron chi connectivity index (χ0n) is 16.9. The molecule has 3 saturated carbocycles. The normalized spacial score (nSPS) is 49.7. The van der Waals surface area contributed by atoms with E-state index in [1.54, 1.807) is 5.57 Å². The van der Waals surface area contributed by atoms with Crippen LogP contribution in [-0.2, 0) is 18.9 Å². The molecule has 2 saturated heterocycles. The van der Waals surface area contributed by atoms with Crippen molar-refractivity contribution in [2.75, 3.05) is 26.4 Å². The van der Waals surface area contributed by atoms with Crippen molar-refractivity contribution in [3.05, 3.63) is 11.6 Å². The lowest BCUT2D eigenvalue weighted by Gasteiger charge is -2.59. The highest BCUT2D eigenvalue weighted by atomic mass is 16.7. The van der Waals surface area contributed by atoms with E-state index in [0.717, 1.165) is 63.4 Å². The maximum atomic E-state index is 6.28. The molecule has 27 heavy (non-hydrogen) atoms. The van der Waals surface area contributed by atoms with Crippen LogP contribution in [0.15, 0.2) is 11.6 Å². The predicted octanol–water partition coefficient (Wildman–Crippen LogP) is 4.44. The third-order valence-corrected chi connectivity index (χ3v) is 9.72. The zero-order chi connectivity index (χ0) is 18.3. The quantitative estimate of drug-likeness (QED) is 0.588. The second kappa shape index (κ2) is 5.59. The van der Waals surface area contributed by atoms with Gasteiger partial charge in [0.15, 0.2) is 11.6 Å². The van der Waals surface area contributed by atoms with Gasteiger partial charge in [0, 0.05) is 24.7 Å². The van der Waals surface area contributed by atoms with Crippen LogP contribution in [0.4, 0.5) is 0 Å². The Morgan fingerprint density at radius 2 is 1.52 bits per heavy atom. The summed E-state index contributed by atoms with van der Waals surface area (Å²) >= 11 is 0. The highest BCUT2D eigenvalue weighted by Crippen LogP contribution is 2.69. The number of fused-ring (bicyclic) bond motifs is 6. The number of hydrogen-bond donors (Lipinski definition) is 0. The van der Waals surface area contributed by atoms with E-state index < -0.39 is 0 Å². The van der Waals surface area contributed by atoms with Crippen LogP contribution in [0.2, 0.25) is 0 Å². The molecule has 6 rings (SSSR count). The molecule has 2 aliphatic heterocycles. The summed E-state index contributed by atoms with van der Waals surface area (Å²) in [6, 6.07) is 0. The Hall–Kier alpha value is -0.420. The summed E-state index contributed by atoms with van der Waals surface area (Å²) in [6.45, 7) is 8.11. The van der Waals surface area contributed by atoms with Crippen molar-refractivity contribution in [1.29, 1.82) is 0 Å². The fourth-order valence-corrected chi connectivity index (χ4v) is 8.23. The van der Waals surface area contributed by atoms with Gasteiger partial charge in [-0.15, -0.1) is 0 Å². The first kappa shape index (κ1) is 17.4. The average molecular weight is 375 g/mol. The summed E-state index contributed by atoms with van der Waals surface area (Å²) in [4.78, 5) is 0. The zero-order valence-corrected chi connectivity index (χ0v) is 16.9. The maximum Gasteiger partial charge on any atom is 0.174 e. The van der Waals surface area contributed by atoms with E-state index in [4.69, 9.17) is 18.9 Å². The monoisotopic (exact) mass is 374 g/mol. The van der Waals surface area contributed by atoms with Gasteiger partial charge in [-0.1, -0.05) is 25.5 Å². The van der Waals surface area contributed by atoms with E-state index in [-0.39, 0.29) is 17.0 Å². The second-order valence-electron chi connectivity index (χ2n) is 10.5. The van der Waals surface area contributed by atoms with Gasteiger partial charge in [0.2, 0.25) is 0 Å². The van der Waals surface area contributed by atoms with Crippen molar-refractivity contribution < 1.29 is 18.9 Å². The van der Waals surface area contributed by atoms with E-state index in [0.29, 0.717) is 5.41 Å². The van der Waals surface area contributed by atoms with Crippen molar-refractivity contribution in [3.8, 4) is 0 Å². The van der Waals surface area contributed by atoms with Gasteiger partial charge in [-0.2, -0.15) is 0 Å². The van der Waals surface area contributed by atoms with Crippen LogP contribution in [0.3, 0.4) is 0 Å². The van der Waals surface area contributed by atoms with E-state index in [1.165, 1.54) is 32.1 Å². The molecule has 0 radical (unpaired) electrons. The van der Waals surface area contributed by atoms with Crippen LogP contribution >= 0.6 is 0 Å². The van der Waals surface area contributed by atoms with E-state index in [2.05, 4.69) is 19.9 Å². The molecule has 4 heteroatoms. The summed E-state index contributed by atoms with van der Waals surface area (Å²) in [5.74, 6) is 1.73. The third-order valence-electron chi connectivity index (χ3n) is 9.72. The van der Waals surface area contributed by atoms with Gasteiger partial charge in [0.05, 0.1) is 26.4 Å². The first-order valence-electron chi connectivity index (χ1n) is 11.3. The molecule has 0 bridgehead atoms. The Kier molecular flexibility index (Phi) is 3.61. The highest BCUT2D eigenvalue weighted by molar-refractivity contribution is 5.27. The number of rotatable bonds is 0. The summed E-state index contributed by atoms with van der Waals surface area (Å²) in [7, 11) is 0. The number of allylic oxidation sites excluding steroid dienone is 1. The lowest BCUT2D eigenvalue weighted by molar-refractivity contribution is -0.243. The molecule has 2 spiro atoms. The third kappa shape index (κ3) is 2.14. The lowest BCUT2D eigenvalue weighted by atomic mass is 9.47. The number of ether oxygens (including phenoxy) is 4. The molecule has 1 unspecified atom stereocenters. The second-order valence-corrected chi connectivity index (χ2v) is 10.5. The van der Waals surface area contributed by atoms with Gasteiger partial charge in [-0.3, -0.25) is 0 Å². The smallest absolute Gasteiger partial charge is 0.174 e. The molecule has 5 fully saturated rings. The molecule has 2 heterocycles. The minimum atomic E-state index is -0.301. The minimum absolute atomic E-state index is 0.194. The molecule has 0 N–H and O–H groups in total. The van der Waals surface area contributed by atoms with Crippen molar-refractivity contribution in [2.45, 2.75) is 76.8 Å². The molecule has 6 aliphatic rings. The first-order chi connectivity index (χ1) is 13.0. The summed E-state index contributed by atoms with van der Waals surface area (Å²) in [5, 5.41) is 0. The summed E-state index contributed by atoms with van der Waals surface area (Å²) < 4.78 is 24.7. The van der Waals surface area contributed by atoms with Gasteiger partial charge < -0.3 is 18.9 Å². The largest absolute Gasteiger partial charge is 0.347 e. The SMILES string of the molecule is C[C@]12CCC3(CC1=CC[C@@H]1C2CC[C@@]2(C)[C@H]1CCC21OCCO1)OCCO3. The Morgan fingerprint density at radius 3 is 2.30 bits per heavy atom. The Balaban J connectivity index is 1.32. The van der Waals surface area contributed by atoms with Crippen LogP contribution in [0, 0.1) is 28.6 Å². The van der Waals surface area contributed by atoms with Crippen molar-refractivity contribution in [1.82, 2.24) is 0 Å². The van der Waals surface area contributed by atoms with Gasteiger partial charge >= 0.3 is 0 Å². The molecule has 0 aromatic carbocycles. The summed E-state index contributed by atoms with van der Waals surface area (Å²) in [5.41, 5.74) is 2.15. The van der Waals surface area contributed by atoms with Crippen LogP contribution in [0.5, 0.6) is 0 Å². The van der Waals surface area contributed by atoms with E-state index in [9.17, 15) is 0 Å². The van der Waals surface area contributed by atoms with Gasteiger partial charge in [-0.05, 0) is 55.3 Å². The molecular formula is C23H34O4. The molecular weight excluding hydrogens is 340 g/mol. The molecule has 0 amide bonds. The van der Waals surface area contributed by atoms with Crippen molar-refractivity contribution >= 4 is 0 Å². The Labute approximate surface area is 162 Å². The predicted molar refractivity (Wildman–Crippen MR) is 101 cm³/mol. The lowest BCUT2D eigenvalue weighted by Crippen LogP contribution is -2.55. The van der Waals surface area contributed by atoms with Crippen LogP contribution in [0.25, 0.3) is 0 Å². The minimum Gasteiger partial charge on any atom is -0.347 e. The Bertz CT molecular complexity index is 659. The van der Waals surface area contributed by atoms with Crippen LogP contribution < -0.4 is 0 Å². The molecule has 5 atom stereocenters. The first-order valence-corrected chi connectivity index (χ1v) is 11.3. The van der Waals surface area contributed by atoms with Crippen LogP contribution in [-0.4, -0.2) is 38.0 Å². The van der Waals surface area contributed by atoms with Gasteiger partial charge in [0.25, 0.3) is 0 Å². The number of hydrogen-bond acceptors (Lipinski definition) is 4. The standard InChI is InChI=1S/C23H34O4/c1-20-9-10-22(24-11-12-25-22)15-16(20)3-4-17-18(20)5-7-21(2)19(17)6-8-23(21)26-13-14-27-23/h3,17-19H,4-15H2,1-2H3/t17-,18?,19+,20+,21+/m1/s1. The molecule has 4 nitrogen and oxygen atoms in total. The summed E-state index contributed by atoms with van der Waals surface area (Å²) in [6.07, 6.45) is 12.0. The van der Waals surface area contributed by atoms with E-state index in [1.807, 2.05) is 0 Å². The molecule has 0 aromatic heterocycles. The Morgan fingerprint density at radius 1 is 0.815 bits per heavy atom. The highest BCUT2D eigenvalue weighted by Gasteiger charge is 2.67. The van der Waals surface area contributed by atoms with Crippen molar-refractivity contribution in [2.24, 2.45) is 28.6 Å². The van der Waals surface area contributed by atoms with Gasteiger partial charge in [0.1, 0.15) is 0 Å². The molecule has 0 aromatic rings. The van der Waals surface area contributed by atoms with E-state index >= 15 is 0 Å². The fourth-order valence-electron chi connectivity index (χ4n) is 8.23. The maximum absolute atomic E-state index is 6.28. The van der Waals surface area contributed by atoms with Gasteiger partial charge in [-0.25, -0.2) is 0 Å².